The van der Waals surface area contributed by atoms with Crippen LogP contribution in [0.15, 0.2) is 29.2 Å². The summed E-state index contributed by atoms with van der Waals surface area (Å²) in [7, 11) is -3.67. The summed E-state index contributed by atoms with van der Waals surface area (Å²) < 4.78 is 31.0. The van der Waals surface area contributed by atoms with Gasteiger partial charge in [0.05, 0.1) is 11.5 Å². The second-order valence-electron chi connectivity index (χ2n) is 10.7. The second-order valence-corrected chi connectivity index (χ2v) is 12.3. The normalized spacial score (nSPS) is 11.5. The molecular weight excluding hydrogens is 495 g/mol. The molecule has 0 bridgehead atoms. The van der Waals surface area contributed by atoms with Crippen LogP contribution in [0, 0.1) is 0 Å². The zero-order valence-corrected chi connectivity index (χ0v) is 26.9. The van der Waals surface area contributed by atoms with E-state index in [1.54, 1.807) is 6.07 Å². The van der Waals surface area contributed by atoms with Crippen molar-refractivity contribution < 1.29 is 12.6 Å². The molecule has 0 spiro atoms. The summed E-state index contributed by atoms with van der Waals surface area (Å²) >= 11 is 0. The van der Waals surface area contributed by atoms with Gasteiger partial charge in [-0.2, -0.15) is 18.3 Å². The van der Waals surface area contributed by atoms with Crippen LogP contribution in [-0.2, 0) is 20.7 Å². The zero-order valence-electron chi connectivity index (χ0n) is 24.6. The van der Waals surface area contributed by atoms with Crippen LogP contribution in [0.1, 0.15) is 161 Å². The molecule has 1 aromatic rings. The third-order valence-electron chi connectivity index (χ3n) is 7.28. The van der Waals surface area contributed by atoms with Gasteiger partial charge in [0.15, 0.2) is 0 Å². The summed E-state index contributed by atoms with van der Waals surface area (Å²) in [6.07, 6.45) is 28.9. The van der Waals surface area contributed by atoms with Crippen molar-refractivity contribution >= 4 is 20.0 Å². The van der Waals surface area contributed by atoms with Crippen LogP contribution in [0.2, 0.25) is 0 Å². The maximum atomic E-state index is 12.8. The van der Waals surface area contributed by atoms with Gasteiger partial charge in [0.1, 0.15) is 0 Å². The zero-order chi connectivity index (χ0) is 26.2. The van der Waals surface area contributed by atoms with E-state index in [0.717, 1.165) is 31.2 Å². The van der Waals surface area contributed by atoms with Gasteiger partial charge in [-0.25, -0.2) is 0 Å². The van der Waals surface area contributed by atoms with Crippen LogP contribution >= 0.6 is 9.90 Å². The first-order valence-corrected chi connectivity index (χ1v) is 17.0. The Labute approximate surface area is 235 Å². The van der Waals surface area contributed by atoms with Crippen molar-refractivity contribution in [1.29, 1.82) is 0 Å². The largest absolute Gasteiger partial charge is 0.297 e. The average molecular weight is 557 g/mol. The van der Waals surface area contributed by atoms with Crippen LogP contribution in [-0.4, -0.2) is 15.0 Å². The summed E-state index contributed by atoms with van der Waals surface area (Å²) in [4.78, 5) is 0.375. The Morgan fingerprint density at radius 1 is 0.541 bits per heavy atom. The van der Waals surface area contributed by atoms with Crippen LogP contribution in [0.25, 0.3) is 0 Å². The number of benzene rings is 1. The van der Waals surface area contributed by atoms with E-state index in [4.69, 9.17) is 4.18 Å². The number of rotatable bonds is 26. The molecule has 1 atom stereocenters. The molecule has 0 aliphatic carbocycles. The number of unbranched alkanes of at least 4 members (excludes halogenated alkanes) is 20. The lowest BCUT2D eigenvalue weighted by atomic mass is 10.0. The molecule has 0 amide bonds. The molecule has 0 aromatic heterocycles. The van der Waals surface area contributed by atoms with E-state index in [1.807, 2.05) is 18.2 Å². The van der Waals surface area contributed by atoms with E-state index in [-0.39, 0.29) is 9.90 Å². The van der Waals surface area contributed by atoms with Crippen LogP contribution < -0.4 is 0 Å². The highest BCUT2D eigenvalue weighted by molar-refractivity contribution is 7.86. The van der Waals surface area contributed by atoms with Gasteiger partial charge in [-0.05, 0) is 30.9 Å². The molecule has 3 nitrogen and oxygen atoms in total. The smallest absolute Gasteiger partial charge is 0.266 e. The molecule has 0 saturated heterocycles. The predicted octanol–water partition coefficient (Wildman–Crippen LogP) is 10.6. The second kappa shape index (κ2) is 25.8. The van der Waals surface area contributed by atoms with Gasteiger partial charge in [-0.15, -0.1) is 0 Å². The number of hydrogen-bond donors (Lipinski definition) is 0. The molecule has 0 saturated carbocycles. The molecule has 1 rings (SSSR count). The Balaban J connectivity index is 0.0000130. The van der Waals surface area contributed by atoms with Gasteiger partial charge in [0, 0.05) is 0 Å². The lowest BCUT2D eigenvalue weighted by molar-refractivity contribution is 0.305. The fraction of sp³-hybridized carbons (Fsp3) is 0.812. The van der Waals surface area contributed by atoms with Crippen molar-refractivity contribution in [2.45, 2.75) is 166 Å². The lowest BCUT2D eigenvalue weighted by Crippen LogP contribution is -2.10. The van der Waals surface area contributed by atoms with Crippen molar-refractivity contribution in [3.8, 4) is 0 Å². The van der Waals surface area contributed by atoms with Crippen LogP contribution in [0.3, 0.4) is 0 Å². The molecule has 1 unspecified atom stereocenters. The van der Waals surface area contributed by atoms with Gasteiger partial charge < -0.3 is 0 Å². The average Bonchev–Trinajstić information content (AvgIpc) is 2.88. The Kier molecular flexibility index (Phi) is 25.5. The van der Waals surface area contributed by atoms with E-state index in [9.17, 15) is 8.42 Å². The van der Waals surface area contributed by atoms with Crippen molar-refractivity contribution in [3.05, 3.63) is 29.8 Å². The molecule has 0 aliphatic rings. The molecule has 0 fully saturated rings. The van der Waals surface area contributed by atoms with Gasteiger partial charge in [-0.3, -0.25) is 4.18 Å². The Bertz CT molecular complexity index is 720. The Hall–Kier alpha value is -0.440. The molecule has 5 heteroatoms. The maximum absolute atomic E-state index is 12.8. The number of hydrogen-bond acceptors (Lipinski definition) is 3. The van der Waals surface area contributed by atoms with Gasteiger partial charge >= 0.3 is 0 Å². The topological polar surface area (TPSA) is 43.4 Å². The monoisotopic (exact) mass is 556 g/mol. The third kappa shape index (κ3) is 20.2. The fourth-order valence-corrected chi connectivity index (χ4v) is 6.13. The third-order valence-corrected chi connectivity index (χ3v) is 8.69. The Morgan fingerprint density at radius 2 is 0.919 bits per heavy atom. The van der Waals surface area contributed by atoms with Crippen molar-refractivity contribution in [2.75, 3.05) is 6.61 Å². The van der Waals surface area contributed by atoms with Gasteiger partial charge in [0.25, 0.3) is 10.1 Å². The minimum absolute atomic E-state index is 0. The summed E-state index contributed by atoms with van der Waals surface area (Å²) in [5.74, 6) is 0. The highest BCUT2D eigenvalue weighted by atomic mass is 32.2. The van der Waals surface area contributed by atoms with E-state index in [0.29, 0.717) is 11.5 Å². The van der Waals surface area contributed by atoms with Crippen molar-refractivity contribution in [1.82, 2.24) is 0 Å². The maximum Gasteiger partial charge on any atom is 0.297 e. The van der Waals surface area contributed by atoms with Gasteiger partial charge in [-0.1, -0.05) is 160 Å². The summed E-state index contributed by atoms with van der Waals surface area (Å²) in [5.41, 5.74) is 0.909. The Morgan fingerprint density at radius 3 is 1.38 bits per heavy atom. The summed E-state index contributed by atoms with van der Waals surface area (Å²) in [6.45, 7) is 4.82. The molecule has 1 aromatic carbocycles. The first kappa shape index (κ1) is 36.6. The quantitative estimate of drug-likeness (QED) is 0.0647. The SMILES string of the molecule is CCCCCCCCCCCCCCOS(=O)(=O)c1ccccc1CCCCCCCCCCCC.P. The highest BCUT2D eigenvalue weighted by Gasteiger charge is 2.18. The lowest BCUT2D eigenvalue weighted by Gasteiger charge is -2.11. The molecule has 0 N–H and O–H groups in total. The van der Waals surface area contributed by atoms with Crippen LogP contribution in [0.5, 0.6) is 0 Å². The standard InChI is InChI=1S/C32H58O3S.H3P/c1-3-5-7-9-11-13-15-16-18-20-22-26-30-35-36(33,34)32-29-25-24-28-31(32)27-23-21-19-17-14-12-10-8-6-4-2;/h24-25,28-29H,3-23,26-27,30H2,1-2H3;1H3. The van der Waals surface area contributed by atoms with E-state index in [2.05, 4.69) is 13.8 Å². The predicted molar refractivity (Wildman–Crippen MR) is 167 cm³/mol. The molecule has 0 heterocycles. The summed E-state index contributed by atoms with van der Waals surface area (Å²) in [5, 5.41) is 0. The van der Waals surface area contributed by atoms with Gasteiger partial charge in [0.2, 0.25) is 0 Å². The highest BCUT2D eigenvalue weighted by Crippen LogP contribution is 2.21. The van der Waals surface area contributed by atoms with Crippen molar-refractivity contribution in [2.24, 2.45) is 0 Å². The van der Waals surface area contributed by atoms with E-state index < -0.39 is 10.1 Å². The minimum atomic E-state index is -3.67. The first-order valence-electron chi connectivity index (χ1n) is 15.6. The molecule has 37 heavy (non-hydrogen) atoms. The molecular formula is C32H61O3PS. The van der Waals surface area contributed by atoms with Crippen molar-refractivity contribution in [3.63, 3.8) is 0 Å². The van der Waals surface area contributed by atoms with E-state index >= 15 is 0 Å². The number of aryl methyl sites for hydroxylation is 1. The minimum Gasteiger partial charge on any atom is -0.266 e. The molecule has 0 radical (unpaired) electrons. The molecule has 0 aliphatic heterocycles. The fourth-order valence-electron chi connectivity index (χ4n) is 4.93. The molecule has 218 valence electrons. The van der Waals surface area contributed by atoms with Crippen LogP contribution in [0.4, 0.5) is 0 Å². The van der Waals surface area contributed by atoms with E-state index in [1.165, 1.54) is 122 Å². The first-order chi connectivity index (χ1) is 17.6. The summed E-state index contributed by atoms with van der Waals surface area (Å²) in [6, 6.07) is 7.41.